The van der Waals surface area contributed by atoms with Crippen LogP contribution in [0.3, 0.4) is 0 Å². The van der Waals surface area contributed by atoms with Gasteiger partial charge >= 0.3 is 0 Å². The van der Waals surface area contributed by atoms with E-state index in [9.17, 15) is 4.79 Å². The Bertz CT molecular complexity index is 702. The van der Waals surface area contributed by atoms with Gasteiger partial charge < -0.3 is 24.3 Å². The minimum Gasteiger partial charge on any atom is -0.497 e. The van der Waals surface area contributed by atoms with Gasteiger partial charge in [-0.15, -0.1) is 0 Å². The van der Waals surface area contributed by atoms with E-state index in [1.54, 1.807) is 28.4 Å². The van der Waals surface area contributed by atoms with Crippen molar-refractivity contribution in [3.8, 4) is 23.0 Å². The molecule has 2 aromatic carbocycles. The van der Waals surface area contributed by atoms with E-state index in [-0.39, 0.29) is 5.91 Å². The van der Waals surface area contributed by atoms with Crippen molar-refractivity contribution in [3.05, 3.63) is 47.5 Å². The third kappa shape index (κ3) is 5.05. The molecule has 0 spiro atoms. The van der Waals surface area contributed by atoms with Crippen LogP contribution in [0.5, 0.6) is 23.0 Å². The van der Waals surface area contributed by atoms with Crippen LogP contribution >= 0.6 is 0 Å². The lowest BCUT2D eigenvalue weighted by Gasteiger charge is -2.14. The maximum atomic E-state index is 12.1. The monoisotopic (exact) mass is 359 g/mol. The van der Waals surface area contributed by atoms with Crippen LogP contribution in [0.4, 0.5) is 0 Å². The topological polar surface area (TPSA) is 66.0 Å². The Hall–Kier alpha value is -2.89. The summed E-state index contributed by atoms with van der Waals surface area (Å²) >= 11 is 0. The van der Waals surface area contributed by atoms with Gasteiger partial charge in [0.1, 0.15) is 5.75 Å². The second-order valence-corrected chi connectivity index (χ2v) is 5.66. The van der Waals surface area contributed by atoms with Gasteiger partial charge in [-0.25, -0.2) is 0 Å². The molecule has 0 aliphatic heterocycles. The molecule has 2 rings (SSSR count). The van der Waals surface area contributed by atoms with Crippen molar-refractivity contribution in [2.75, 3.05) is 35.0 Å². The molecular formula is C20H25NO5. The second-order valence-electron chi connectivity index (χ2n) is 5.66. The molecule has 0 radical (unpaired) electrons. The van der Waals surface area contributed by atoms with E-state index in [0.29, 0.717) is 36.6 Å². The molecule has 140 valence electrons. The molecule has 26 heavy (non-hydrogen) atoms. The van der Waals surface area contributed by atoms with Crippen molar-refractivity contribution in [2.24, 2.45) is 0 Å². The van der Waals surface area contributed by atoms with Crippen LogP contribution in [0.1, 0.15) is 11.1 Å². The van der Waals surface area contributed by atoms with Gasteiger partial charge in [-0.3, -0.25) is 4.79 Å². The third-order valence-electron chi connectivity index (χ3n) is 3.98. The quantitative estimate of drug-likeness (QED) is 0.746. The molecule has 0 aliphatic carbocycles. The molecule has 6 heteroatoms. The Kier molecular flexibility index (Phi) is 7.14. The van der Waals surface area contributed by atoms with Crippen molar-refractivity contribution >= 4 is 5.91 Å². The molecular weight excluding hydrogens is 334 g/mol. The molecule has 0 aliphatic rings. The first-order chi connectivity index (χ1) is 12.6. The number of nitrogens with one attached hydrogen (secondary N) is 1. The van der Waals surface area contributed by atoms with Gasteiger partial charge in [-0.05, 0) is 41.8 Å². The summed E-state index contributed by atoms with van der Waals surface area (Å²) in [6, 6.07) is 11.2. The highest BCUT2D eigenvalue weighted by Crippen LogP contribution is 2.38. The molecule has 0 saturated heterocycles. The minimum atomic E-state index is -0.0254. The summed E-state index contributed by atoms with van der Waals surface area (Å²) in [7, 11) is 6.35. The lowest BCUT2D eigenvalue weighted by atomic mass is 10.1. The number of rotatable bonds is 9. The highest BCUT2D eigenvalue weighted by Gasteiger charge is 2.13. The number of benzene rings is 2. The van der Waals surface area contributed by atoms with E-state index in [4.69, 9.17) is 18.9 Å². The van der Waals surface area contributed by atoms with Gasteiger partial charge in [0, 0.05) is 6.54 Å². The fraction of sp³-hybridized carbons (Fsp3) is 0.350. The molecule has 0 fully saturated rings. The number of ether oxygens (including phenoxy) is 4. The van der Waals surface area contributed by atoms with Crippen LogP contribution < -0.4 is 24.3 Å². The average molecular weight is 359 g/mol. The number of carbonyl (C=O) groups is 1. The molecule has 0 bridgehead atoms. The van der Waals surface area contributed by atoms with Crippen molar-refractivity contribution in [1.82, 2.24) is 5.32 Å². The Balaban J connectivity index is 1.91. The van der Waals surface area contributed by atoms with Gasteiger partial charge in [0.15, 0.2) is 11.5 Å². The zero-order chi connectivity index (χ0) is 18.9. The van der Waals surface area contributed by atoms with Gasteiger partial charge in [0.05, 0.1) is 34.9 Å². The number of carbonyl (C=O) groups excluding carboxylic acids is 1. The van der Waals surface area contributed by atoms with Crippen molar-refractivity contribution in [2.45, 2.75) is 12.8 Å². The van der Waals surface area contributed by atoms with E-state index in [1.807, 2.05) is 36.4 Å². The Labute approximate surface area is 154 Å². The van der Waals surface area contributed by atoms with E-state index >= 15 is 0 Å². The Morgan fingerprint density at radius 1 is 0.846 bits per heavy atom. The van der Waals surface area contributed by atoms with E-state index in [2.05, 4.69) is 5.32 Å². The molecule has 0 aromatic heterocycles. The minimum absolute atomic E-state index is 0.0254. The summed E-state index contributed by atoms with van der Waals surface area (Å²) < 4.78 is 21.1. The van der Waals surface area contributed by atoms with Crippen molar-refractivity contribution < 1.29 is 23.7 Å². The van der Waals surface area contributed by atoms with Gasteiger partial charge in [0.2, 0.25) is 11.7 Å². The molecule has 0 unspecified atom stereocenters. The Morgan fingerprint density at radius 2 is 1.46 bits per heavy atom. The van der Waals surface area contributed by atoms with Crippen LogP contribution in [0, 0.1) is 0 Å². The smallest absolute Gasteiger partial charge is 0.224 e. The molecule has 6 nitrogen and oxygen atoms in total. The fourth-order valence-electron chi connectivity index (χ4n) is 2.62. The lowest BCUT2D eigenvalue weighted by Crippen LogP contribution is -2.27. The zero-order valence-corrected chi connectivity index (χ0v) is 15.6. The van der Waals surface area contributed by atoms with Gasteiger partial charge in [-0.1, -0.05) is 12.1 Å². The van der Waals surface area contributed by atoms with Crippen LogP contribution in [-0.2, 0) is 17.6 Å². The Morgan fingerprint density at radius 3 is 1.96 bits per heavy atom. The molecule has 0 heterocycles. The maximum absolute atomic E-state index is 12.1. The van der Waals surface area contributed by atoms with Gasteiger partial charge in [0.25, 0.3) is 0 Å². The predicted octanol–water partition coefficient (Wildman–Crippen LogP) is 2.62. The first-order valence-electron chi connectivity index (χ1n) is 8.29. The van der Waals surface area contributed by atoms with Crippen LogP contribution in [0.15, 0.2) is 36.4 Å². The first kappa shape index (κ1) is 19.4. The van der Waals surface area contributed by atoms with E-state index < -0.39 is 0 Å². The maximum Gasteiger partial charge on any atom is 0.224 e. The van der Waals surface area contributed by atoms with E-state index in [1.165, 1.54) is 0 Å². The predicted molar refractivity (Wildman–Crippen MR) is 99.5 cm³/mol. The normalized spacial score (nSPS) is 10.2. The summed E-state index contributed by atoms with van der Waals surface area (Å²) in [5.74, 6) is 2.51. The van der Waals surface area contributed by atoms with Crippen LogP contribution in [0.25, 0.3) is 0 Å². The lowest BCUT2D eigenvalue weighted by molar-refractivity contribution is -0.120. The van der Waals surface area contributed by atoms with Crippen LogP contribution in [0.2, 0.25) is 0 Å². The SMILES string of the molecule is COc1ccc(CC(=O)NCCc2cc(OC)c(OC)c(OC)c2)cc1. The summed E-state index contributed by atoms with van der Waals surface area (Å²) in [5.41, 5.74) is 1.93. The molecule has 0 saturated carbocycles. The standard InChI is InChI=1S/C20H25NO5/c1-23-16-7-5-14(6-8-16)13-19(22)21-10-9-15-11-17(24-2)20(26-4)18(12-15)25-3/h5-8,11-12H,9-10,13H2,1-4H3,(H,21,22). The average Bonchev–Trinajstić information content (AvgIpc) is 2.67. The number of methoxy groups -OCH3 is 4. The van der Waals surface area contributed by atoms with Gasteiger partial charge in [-0.2, -0.15) is 0 Å². The van der Waals surface area contributed by atoms with Crippen molar-refractivity contribution in [3.63, 3.8) is 0 Å². The molecule has 0 atom stereocenters. The fourth-order valence-corrected chi connectivity index (χ4v) is 2.62. The summed E-state index contributed by atoms with van der Waals surface area (Å²) in [4.78, 5) is 12.1. The number of hydrogen-bond acceptors (Lipinski definition) is 5. The highest BCUT2D eigenvalue weighted by molar-refractivity contribution is 5.78. The zero-order valence-electron chi connectivity index (χ0n) is 15.6. The molecule has 2 aromatic rings. The number of amides is 1. The number of hydrogen-bond donors (Lipinski definition) is 1. The summed E-state index contributed by atoms with van der Waals surface area (Å²) in [6.07, 6.45) is 0.990. The largest absolute Gasteiger partial charge is 0.497 e. The summed E-state index contributed by atoms with van der Waals surface area (Å²) in [5, 5.41) is 2.93. The molecule has 1 N–H and O–H groups in total. The second kappa shape index (κ2) is 9.56. The highest BCUT2D eigenvalue weighted by atomic mass is 16.5. The third-order valence-corrected chi connectivity index (χ3v) is 3.98. The molecule has 1 amide bonds. The first-order valence-corrected chi connectivity index (χ1v) is 8.29. The summed E-state index contributed by atoms with van der Waals surface area (Å²) in [6.45, 7) is 0.521. The van der Waals surface area contributed by atoms with Crippen LogP contribution in [-0.4, -0.2) is 40.9 Å². The van der Waals surface area contributed by atoms with Crippen molar-refractivity contribution in [1.29, 1.82) is 0 Å². The van der Waals surface area contributed by atoms with E-state index in [0.717, 1.165) is 16.9 Å².